The molecule has 0 radical (unpaired) electrons. The van der Waals surface area contributed by atoms with Crippen molar-refractivity contribution in [1.29, 1.82) is 0 Å². The second-order valence-electron chi connectivity index (χ2n) is 7.76. The first-order valence-electron chi connectivity index (χ1n) is 8.52. The first-order chi connectivity index (χ1) is 10.5. The molecule has 0 aliphatic heterocycles. The number of rotatable bonds is 6. The largest absolute Gasteiger partial charge is 0.376 e. The molecule has 0 aromatic heterocycles. The minimum atomic E-state index is 0.0912. The Morgan fingerprint density at radius 2 is 1.95 bits per heavy atom. The number of carbonyl (C=O) groups excluding carboxylic acids is 1. The summed E-state index contributed by atoms with van der Waals surface area (Å²) in [6.45, 7) is 10.3. The summed E-state index contributed by atoms with van der Waals surface area (Å²) in [4.78, 5) is 11.7. The van der Waals surface area contributed by atoms with Crippen LogP contribution in [0, 0.1) is 29.1 Å². The number of carbonyl (C=O) groups is 1. The van der Waals surface area contributed by atoms with Crippen molar-refractivity contribution in [2.75, 3.05) is 6.61 Å². The molecular weight excluding hydrogens is 272 g/mol. The Kier molecular flexibility index (Phi) is 5.80. The standard InChI is InChI=1S/C20H30O2/c1-15(2)17-10-11-20(3,4)19(12-21)18(17)14-22-13-16-8-6-5-7-9-16/h5-9,12,15,17-19H,10-11,13-14H2,1-4H3/t17-,18-,19-/m0/s1. The van der Waals surface area contributed by atoms with E-state index in [4.69, 9.17) is 4.74 Å². The van der Waals surface area contributed by atoms with Gasteiger partial charge in [0, 0.05) is 5.92 Å². The molecule has 3 atom stereocenters. The van der Waals surface area contributed by atoms with Crippen LogP contribution in [0.25, 0.3) is 0 Å². The van der Waals surface area contributed by atoms with E-state index in [1.807, 2.05) is 18.2 Å². The zero-order chi connectivity index (χ0) is 16.2. The van der Waals surface area contributed by atoms with Gasteiger partial charge in [0.1, 0.15) is 6.29 Å². The van der Waals surface area contributed by atoms with E-state index in [2.05, 4.69) is 39.8 Å². The highest BCUT2D eigenvalue weighted by Crippen LogP contribution is 2.48. The number of hydrogen-bond acceptors (Lipinski definition) is 2. The lowest BCUT2D eigenvalue weighted by Crippen LogP contribution is -2.44. The van der Waals surface area contributed by atoms with Crippen LogP contribution in [-0.2, 0) is 16.1 Å². The van der Waals surface area contributed by atoms with Crippen molar-refractivity contribution in [3.63, 3.8) is 0 Å². The smallest absolute Gasteiger partial charge is 0.123 e. The monoisotopic (exact) mass is 302 g/mol. The van der Waals surface area contributed by atoms with Gasteiger partial charge in [-0.15, -0.1) is 0 Å². The summed E-state index contributed by atoms with van der Waals surface area (Å²) in [6, 6.07) is 10.3. The van der Waals surface area contributed by atoms with E-state index >= 15 is 0 Å². The van der Waals surface area contributed by atoms with Crippen LogP contribution in [0.3, 0.4) is 0 Å². The van der Waals surface area contributed by atoms with Gasteiger partial charge in [-0.25, -0.2) is 0 Å². The molecule has 2 heteroatoms. The Bertz CT molecular complexity index is 464. The Hall–Kier alpha value is -1.15. The fourth-order valence-corrected chi connectivity index (χ4v) is 3.99. The maximum Gasteiger partial charge on any atom is 0.123 e. The van der Waals surface area contributed by atoms with Gasteiger partial charge in [-0.05, 0) is 41.6 Å². The molecule has 22 heavy (non-hydrogen) atoms. The van der Waals surface area contributed by atoms with Crippen molar-refractivity contribution >= 4 is 6.29 Å². The third-order valence-corrected chi connectivity index (χ3v) is 5.46. The fraction of sp³-hybridized carbons (Fsp3) is 0.650. The fourth-order valence-electron chi connectivity index (χ4n) is 3.99. The first-order valence-corrected chi connectivity index (χ1v) is 8.52. The minimum Gasteiger partial charge on any atom is -0.376 e. The van der Waals surface area contributed by atoms with Crippen LogP contribution in [0.2, 0.25) is 0 Å². The lowest BCUT2D eigenvalue weighted by atomic mass is 9.58. The molecular formula is C20H30O2. The molecule has 1 fully saturated rings. The summed E-state index contributed by atoms with van der Waals surface area (Å²) >= 11 is 0. The van der Waals surface area contributed by atoms with Crippen LogP contribution < -0.4 is 0 Å². The number of hydrogen-bond donors (Lipinski definition) is 0. The van der Waals surface area contributed by atoms with Crippen molar-refractivity contribution < 1.29 is 9.53 Å². The topological polar surface area (TPSA) is 26.3 Å². The Morgan fingerprint density at radius 1 is 1.27 bits per heavy atom. The van der Waals surface area contributed by atoms with Gasteiger partial charge in [0.25, 0.3) is 0 Å². The lowest BCUT2D eigenvalue weighted by molar-refractivity contribution is -0.124. The van der Waals surface area contributed by atoms with Crippen LogP contribution >= 0.6 is 0 Å². The number of benzene rings is 1. The van der Waals surface area contributed by atoms with Crippen molar-refractivity contribution in [3.8, 4) is 0 Å². The molecule has 0 spiro atoms. The quantitative estimate of drug-likeness (QED) is 0.710. The van der Waals surface area contributed by atoms with E-state index in [9.17, 15) is 4.79 Å². The van der Waals surface area contributed by atoms with E-state index in [1.165, 1.54) is 18.3 Å². The molecule has 2 nitrogen and oxygen atoms in total. The van der Waals surface area contributed by atoms with E-state index in [1.54, 1.807) is 0 Å². The summed E-state index contributed by atoms with van der Waals surface area (Å²) in [5, 5.41) is 0. The van der Waals surface area contributed by atoms with Crippen LogP contribution in [0.5, 0.6) is 0 Å². The molecule has 0 heterocycles. The third-order valence-electron chi connectivity index (χ3n) is 5.46. The second kappa shape index (κ2) is 7.41. The van der Waals surface area contributed by atoms with Gasteiger partial charge in [0.05, 0.1) is 13.2 Å². The molecule has 0 amide bonds. The van der Waals surface area contributed by atoms with Crippen LogP contribution in [-0.4, -0.2) is 12.9 Å². The molecule has 0 saturated heterocycles. The minimum absolute atomic E-state index is 0.0912. The maximum absolute atomic E-state index is 11.7. The van der Waals surface area contributed by atoms with Crippen molar-refractivity contribution in [2.24, 2.45) is 29.1 Å². The molecule has 1 aliphatic rings. The van der Waals surface area contributed by atoms with E-state index in [0.29, 0.717) is 31.0 Å². The third kappa shape index (κ3) is 3.98. The molecule has 0 N–H and O–H groups in total. The van der Waals surface area contributed by atoms with Gasteiger partial charge in [0.2, 0.25) is 0 Å². The number of ether oxygens (including phenoxy) is 1. The van der Waals surface area contributed by atoms with Gasteiger partial charge >= 0.3 is 0 Å². The second-order valence-corrected chi connectivity index (χ2v) is 7.76. The zero-order valence-corrected chi connectivity index (χ0v) is 14.4. The Labute approximate surface area is 135 Å². The molecule has 122 valence electrons. The average Bonchev–Trinajstić information content (AvgIpc) is 2.47. The summed E-state index contributed by atoms with van der Waals surface area (Å²) in [7, 11) is 0. The molecule has 1 aromatic carbocycles. The van der Waals surface area contributed by atoms with Crippen LogP contribution in [0.1, 0.15) is 46.1 Å². The van der Waals surface area contributed by atoms with Gasteiger partial charge in [0.15, 0.2) is 0 Å². The molecule has 1 saturated carbocycles. The van der Waals surface area contributed by atoms with Crippen LogP contribution in [0.4, 0.5) is 0 Å². The van der Waals surface area contributed by atoms with E-state index in [0.717, 1.165) is 6.42 Å². The van der Waals surface area contributed by atoms with Crippen LogP contribution in [0.15, 0.2) is 30.3 Å². The van der Waals surface area contributed by atoms with Gasteiger partial charge in [-0.2, -0.15) is 0 Å². The molecule has 1 aromatic rings. The Morgan fingerprint density at radius 3 is 2.55 bits per heavy atom. The molecule has 2 rings (SSSR count). The van der Waals surface area contributed by atoms with Crippen molar-refractivity contribution in [1.82, 2.24) is 0 Å². The highest BCUT2D eigenvalue weighted by atomic mass is 16.5. The normalized spacial score (nSPS) is 27.8. The average molecular weight is 302 g/mol. The summed E-state index contributed by atoms with van der Waals surface area (Å²) < 4.78 is 6.01. The molecule has 0 bridgehead atoms. The van der Waals surface area contributed by atoms with Crippen molar-refractivity contribution in [3.05, 3.63) is 35.9 Å². The van der Waals surface area contributed by atoms with E-state index in [-0.39, 0.29) is 11.3 Å². The van der Waals surface area contributed by atoms with Gasteiger partial charge < -0.3 is 9.53 Å². The zero-order valence-electron chi connectivity index (χ0n) is 14.4. The SMILES string of the molecule is CC(C)[C@@H]1CCC(C)(C)[C@@H](C=O)[C@H]1COCc1ccccc1. The summed E-state index contributed by atoms with van der Waals surface area (Å²) in [5.41, 5.74) is 1.29. The Balaban J connectivity index is 2.03. The highest BCUT2D eigenvalue weighted by molar-refractivity contribution is 5.56. The molecule has 0 unspecified atom stereocenters. The predicted octanol–water partition coefficient (Wildman–Crippen LogP) is 4.73. The maximum atomic E-state index is 11.7. The molecule has 1 aliphatic carbocycles. The summed E-state index contributed by atoms with van der Waals surface area (Å²) in [6.07, 6.45) is 3.52. The van der Waals surface area contributed by atoms with Crippen molar-refractivity contribution in [2.45, 2.75) is 47.1 Å². The first kappa shape index (κ1) is 17.2. The summed E-state index contributed by atoms with van der Waals surface area (Å²) in [5.74, 6) is 1.62. The van der Waals surface area contributed by atoms with E-state index < -0.39 is 0 Å². The highest BCUT2D eigenvalue weighted by Gasteiger charge is 2.44. The van der Waals surface area contributed by atoms with Gasteiger partial charge in [-0.3, -0.25) is 0 Å². The van der Waals surface area contributed by atoms with Gasteiger partial charge in [-0.1, -0.05) is 58.0 Å². The number of aldehydes is 1. The lowest BCUT2D eigenvalue weighted by Gasteiger charge is -2.47. The predicted molar refractivity (Wildman–Crippen MR) is 90.5 cm³/mol.